The summed E-state index contributed by atoms with van der Waals surface area (Å²) in [6.07, 6.45) is 0. The van der Waals surface area contributed by atoms with Crippen molar-refractivity contribution in [1.82, 2.24) is 0 Å². The van der Waals surface area contributed by atoms with Gasteiger partial charge >= 0.3 is 0 Å². The average molecular weight is 344 g/mol. The Morgan fingerprint density at radius 2 is 2.00 bits per heavy atom. The Kier molecular flexibility index (Phi) is 4.07. The van der Waals surface area contributed by atoms with Gasteiger partial charge in [0.05, 0.1) is 0 Å². The van der Waals surface area contributed by atoms with Crippen molar-refractivity contribution >= 4 is 44.8 Å². The topological polar surface area (TPSA) is 55.1 Å². The maximum absolute atomic E-state index is 13.1. The Morgan fingerprint density at radius 3 is 2.63 bits per heavy atom. The molecule has 0 unspecified atom stereocenters. The fraction of sp³-hybridized carbons (Fsp3) is 0. The molecule has 0 spiro atoms. The summed E-state index contributed by atoms with van der Waals surface area (Å²) in [6, 6.07) is 8.62. The molecule has 0 aliphatic heterocycles. The Labute approximate surface area is 122 Å². The van der Waals surface area contributed by atoms with Gasteiger partial charge in [0.15, 0.2) is 0 Å². The highest BCUT2D eigenvalue weighted by atomic mass is 79.9. The van der Waals surface area contributed by atoms with E-state index in [1.54, 1.807) is 12.1 Å². The van der Waals surface area contributed by atoms with Gasteiger partial charge in [-0.3, -0.25) is 4.79 Å². The molecule has 0 aromatic heterocycles. The first-order chi connectivity index (χ1) is 8.95. The van der Waals surface area contributed by atoms with Crippen molar-refractivity contribution in [3.63, 3.8) is 0 Å². The summed E-state index contributed by atoms with van der Waals surface area (Å²) in [5.41, 5.74) is 6.81. The fourth-order valence-corrected chi connectivity index (χ4v) is 1.98. The molecule has 6 heteroatoms. The molecule has 3 N–H and O–H groups in total. The minimum Gasteiger partial charge on any atom is -0.398 e. The molecule has 2 rings (SSSR count). The van der Waals surface area contributed by atoms with E-state index >= 15 is 0 Å². The molecule has 0 saturated heterocycles. The molecule has 19 heavy (non-hydrogen) atoms. The first kappa shape index (κ1) is 13.8. The predicted octanol–water partition coefficient (Wildman–Crippen LogP) is 4.08. The summed E-state index contributed by atoms with van der Waals surface area (Å²) in [7, 11) is 0. The summed E-state index contributed by atoms with van der Waals surface area (Å²) in [6.45, 7) is 0. The van der Waals surface area contributed by atoms with E-state index < -0.39 is 5.82 Å². The van der Waals surface area contributed by atoms with E-state index in [1.807, 2.05) is 0 Å². The van der Waals surface area contributed by atoms with Gasteiger partial charge in [-0.2, -0.15) is 0 Å². The van der Waals surface area contributed by atoms with Gasteiger partial charge in [-0.15, -0.1) is 0 Å². The number of amides is 1. The Bertz CT molecular complexity index is 628. The van der Waals surface area contributed by atoms with E-state index in [0.29, 0.717) is 15.7 Å². The van der Waals surface area contributed by atoms with Crippen LogP contribution >= 0.6 is 27.5 Å². The van der Waals surface area contributed by atoms with E-state index in [0.717, 1.165) is 6.07 Å². The number of nitrogen functional groups attached to an aromatic ring is 1. The molecule has 0 aliphatic rings. The molecule has 0 aliphatic carbocycles. The molecule has 98 valence electrons. The number of halogens is 3. The van der Waals surface area contributed by atoms with Gasteiger partial charge in [-0.05, 0) is 52.3 Å². The Hall–Kier alpha value is -1.59. The SMILES string of the molecule is Nc1cc(C(=O)Nc2cc(F)cc(Cl)c2)ccc1Br. The van der Waals surface area contributed by atoms with E-state index in [9.17, 15) is 9.18 Å². The molecule has 1 amide bonds. The van der Waals surface area contributed by atoms with Gasteiger partial charge in [0.2, 0.25) is 0 Å². The van der Waals surface area contributed by atoms with Gasteiger partial charge in [0.1, 0.15) is 5.82 Å². The zero-order chi connectivity index (χ0) is 14.0. The number of rotatable bonds is 2. The molecule has 2 aromatic carbocycles. The van der Waals surface area contributed by atoms with Gasteiger partial charge in [0, 0.05) is 26.4 Å². The Balaban J connectivity index is 2.22. The van der Waals surface area contributed by atoms with Crippen molar-refractivity contribution in [3.05, 3.63) is 57.3 Å². The number of carbonyl (C=O) groups is 1. The van der Waals surface area contributed by atoms with Crippen molar-refractivity contribution in [1.29, 1.82) is 0 Å². The number of nitrogens with two attached hydrogens (primary N) is 1. The molecular formula is C13H9BrClFN2O. The highest BCUT2D eigenvalue weighted by molar-refractivity contribution is 9.10. The maximum atomic E-state index is 13.1. The van der Waals surface area contributed by atoms with Crippen molar-refractivity contribution in [3.8, 4) is 0 Å². The van der Waals surface area contributed by atoms with E-state index in [-0.39, 0.29) is 16.6 Å². The molecule has 0 radical (unpaired) electrons. The van der Waals surface area contributed by atoms with Gasteiger partial charge in [-0.25, -0.2) is 4.39 Å². The average Bonchev–Trinajstić information content (AvgIpc) is 2.31. The van der Waals surface area contributed by atoms with Crippen LogP contribution in [-0.2, 0) is 0 Å². The number of anilines is 2. The van der Waals surface area contributed by atoms with Gasteiger partial charge in [-0.1, -0.05) is 11.6 Å². The van der Waals surface area contributed by atoms with Gasteiger partial charge < -0.3 is 11.1 Å². The zero-order valence-corrected chi connectivity index (χ0v) is 11.9. The monoisotopic (exact) mass is 342 g/mol. The highest BCUT2D eigenvalue weighted by Crippen LogP contribution is 2.22. The molecule has 2 aromatic rings. The van der Waals surface area contributed by atoms with Crippen LogP contribution in [0.5, 0.6) is 0 Å². The number of hydrogen-bond acceptors (Lipinski definition) is 2. The van der Waals surface area contributed by atoms with E-state index in [2.05, 4.69) is 21.2 Å². The second-order valence-electron chi connectivity index (χ2n) is 3.85. The van der Waals surface area contributed by atoms with Crippen LogP contribution in [0, 0.1) is 5.82 Å². The minimum atomic E-state index is -0.516. The standard InChI is InChI=1S/C13H9BrClFN2O/c14-11-2-1-7(3-12(11)17)13(19)18-10-5-8(15)4-9(16)6-10/h1-6H,17H2,(H,18,19). The predicted molar refractivity (Wildman–Crippen MR) is 77.9 cm³/mol. The lowest BCUT2D eigenvalue weighted by molar-refractivity contribution is 0.102. The lowest BCUT2D eigenvalue weighted by atomic mass is 10.2. The van der Waals surface area contributed by atoms with Crippen LogP contribution in [0.4, 0.5) is 15.8 Å². The second-order valence-corrected chi connectivity index (χ2v) is 5.14. The molecule has 0 heterocycles. The summed E-state index contributed by atoms with van der Waals surface area (Å²) >= 11 is 8.95. The van der Waals surface area contributed by atoms with Crippen LogP contribution in [0.3, 0.4) is 0 Å². The zero-order valence-electron chi connectivity index (χ0n) is 9.58. The largest absolute Gasteiger partial charge is 0.398 e. The first-order valence-electron chi connectivity index (χ1n) is 5.28. The van der Waals surface area contributed by atoms with Crippen LogP contribution in [0.1, 0.15) is 10.4 Å². The molecule has 0 bridgehead atoms. The summed E-state index contributed by atoms with van der Waals surface area (Å²) in [5, 5.41) is 2.77. The summed E-state index contributed by atoms with van der Waals surface area (Å²) in [5.74, 6) is -0.904. The molecule has 0 fully saturated rings. The number of carbonyl (C=O) groups excluding carboxylic acids is 1. The first-order valence-corrected chi connectivity index (χ1v) is 6.45. The number of benzene rings is 2. The maximum Gasteiger partial charge on any atom is 0.255 e. The molecular weight excluding hydrogens is 335 g/mol. The van der Waals surface area contributed by atoms with Crippen LogP contribution in [0.25, 0.3) is 0 Å². The molecule has 3 nitrogen and oxygen atoms in total. The lowest BCUT2D eigenvalue weighted by Crippen LogP contribution is -2.12. The third-order valence-electron chi connectivity index (χ3n) is 2.38. The fourth-order valence-electron chi connectivity index (χ4n) is 1.51. The molecule has 0 saturated carbocycles. The van der Waals surface area contributed by atoms with E-state index in [1.165, 1.54) is 18.2 Å². The van der Waals surface area contributed by atoms with Crippen LogP contribution < -0.4 is 11.1 Å². The minimum absolute atomic E-state index is 0.214. The lowest BCUT2D eigenvalue weighted by Gasteiger charge is -2.07. The highest BCUT2D eigenvalue weighted by Gasteiger charge is 2.09. The normalized spacial score (nSPS) is 10.3. The third kappa shape index (κ3) is 3.45. The summed E-state index contributed by atoms with van der Waals surface area (Å²) in [4.78, 5) is 12.0. The quantitative estimate of drug-likeness (QED) is 0.807. The number of nitrogens with one attached hydrogen (secondary N) is 1. The van der Waals surface area contributed by atoms with Crippen LogP contribution in [0.15, 0.2) is 40.9 Å². The molecule has 0 atom stereocenters. The number of hydrogen-bond donors (Lipinski definition) is 2. The van der Waals surface area contributed by atoms with Crippen LogP contribution in [0.2, 0.25) is 5.02 Å². The van der Waals surface area contributed by atoms with Crippen molar-refractivity contribution < 1.29 is 9.18 Å². The summed E-state index contributed by atoms with van der Waals surface area (Å²) < 4.78 is 13.8. The van der Waals surface area contributed by atoms with Crippen molar-refractivity contribution in [2.75, 3.05) is 11.1 Å². The van der Waals surface area contributed by atoms with E-state index in [4.69, 9.17) is 17.3 Å². The van der Waals surface area contributed by atoms with Gasteiger partial charge in [0.25, 0.3) is 5.91 Å². The second kappa shape index (κ2) is 5.59. The van der Waals surface area contributed by atoms with Crippen LogP contribution in [-0.4, -0.2) is 5.91 Å². The Morgan fingerprint density at radius 1 is 1.26 bits per heavy atom. The third-order valence-corrected chi connectivity index (χ3v) is 3.32. The van der Waals surface area contributed by atoms with Crippen molar-refractivity contribution in [2.45, 2.75) is 0 Å². The van der Waals surface area contributed by atoms with Crippen molar-refractivity contribution in [2.24, 2.45) is 0 Å². The smallest absolute Gasteiger partial charge is 0.255 e.